The summed E-state index contributed by atoms with van der Waals surface area (Å²) in [4.78, 5) is 0. The highest BCUT2D eigenvalue weighted by Gasteiger charge is 2.09. The molecule has 0 bridgehead atoms. The lowest BCUT2D eigenvalue weighted by molar-refractivity contribution is 0.407. The second-order valence-electron chi connectivity index (χ2n) is 3.33. The van der Waals surface area contributed by atoms with E-state index in [9.17, 15) is 4.39 Å². The maximum Gasteiger partial charge on any atom is 0.126 e. The summed E-state index contributed by atoms with van der Waals surface area (Å²) < 4.78 is 18.7. The molecular weight excluding hydrogens is 195 g/mol. The maximum absolute atomic E-state index is 13.5. The fourth-order valence-electron chi connectivity index (χ4n) is 1.52. The number of rotatable bonds is 5. The summed E-state index contributed by atoms with van der Waals surface area (Å²) in [6, 6.07) is 3.18. The number of hydrogen-bond acceptors (Lipinski definition) is 3. The molecule has 1 aromatic carbocycles. The first-order valence-corrected chi connectivity index (χ1v) is 4.98. The number of benzene rings is 1. The van der Waals surface area contributed by atoms with Gasteiger partial charge in [0.2, 0.25) is 0 Å². The Balaban J connectivity index is 3.04. The number of ether oxygens (including phenoxy) is 1. The first-order valence-electron chi connectivity index (χ1n) is 4.98. The van der Waals surface area contributed by atoms with Crippen molar-refractivity contribution in [3.63, 3.8) is 0 Å². The monoisotopic (exact) mass is 212 g/mol. The van der Waals surface area contributed by atoms with E-state index in [0.717, 1.165) is 5.56 Å². The highest BCUT2D eigenvalue weighted by molar-refractivity contribution is 5.39. The molecule has 0 heterocycles. The van der Waals surface area contributed by atoms with Gasteiger partial charge >= 0.3 is 0 Å². The van der Waals surface area contributed by atoms with E-state index in [0.29, 0.717) is 37.2 Å². The number of methoxy groups -OCH3 is 1. The highest BCUT2D eigenvalue weighted by atomic mass is 19.1. The summed E-state index contributed by atoms with van der Waals surface area (Å²) in [5.41, 5.74) is 12.2. The minimum atomic E-state index is -0.232. The van der Waals surface area contributed by atoms with Crippen molar-refractivity contribution in [2.75, 3.05) is 20.2 Å². The first-order chi connectivity index (χ1) is 7.22. The molecule has 0 spiro atoms. The van der Waals surface area contributed by atoms with Crippen molar-refractivity contribution in [3.05, 3.63) is 29.1 Å². The molecule has 15 heavy (non-hydrogen) atoms. The Morgan fingerprint density at radius 1 is 1.13 bits per heavy atom. The SMILES string of the molecule is COc1cc(CCN)c(F)cc1CCN. The highest BCUT2D eigenvalue weighted by Crippen LogP contribution is 2.23. The van der Waals surface area contributed by atoms with Crippen LogP contribution in [0.4, 0.5) is 4.39 Å². The fourth-order valence-corrected chi connectivity index (χ4v) is 1.52. The topological polar surface area (TPSA) is 61.3 Å². The Kier molecular flexibility index (Phi) is 4.52. The minimum Gasteiger partial charge on any atom is -0.496 e. The predicted octanol–water partition coefficient (Wildman–Crippen LogP) is 0.837. The van der Waals surface area contributed by atoms with Crippen molar-refractivity contribution in [2.24, 2.45) is 11.5 Å². The van der Waals surface area contributed by atoms with Crippen LogP contribution in [0.3, 0.4) is 0 Å². The molecule has 1 rings (SSSR count). The molecule has 4 N–H and O–H groups in total. The van der Waals surface area contributed by atoms with Gasteiger partial charge in [-0.1, -0.05) is 0 Å². The smallest absolute Gasteiger partial charge is 0.126 e. The maximum atomic E-state index is 13.5. The van der Waals surface area contributed by atoms with E-state index in [2.05, 4.69) is 0 Å². The van der Waals surface area contributed by atoms with E-state index in [4.69, 9.17) is 16.2 Å². The first kappa shape index (κ1) is 11.9. The Bertz CT molecular complexity index is 329. The lowest BCUT2D eigenvalue weighted by Gasteiger charge is -2.10. The third-order valence-electron chi connectivity index (χ3n) is 2.28. The summed E-state index contributed by atoms with van der Waals surface area (Å²) in [7, 11) is 1.57. The van der Waals surface area contributed by atoms with Crippen molar-refractivity contribution < 1.29 is 9.13 Å². The molecule has 0 saturated heterocycles. The van der Waals surface area contributed by atoms with Crippen molar-refractivity contribution in [3.8, 4) is 5.75 Å². The molecule has 3 nitrogen and oxygen atoms in total. The average Bonchev–Trinajstić information content (AvgIpc) is 2.22. The molecule has 0 saturated carbocycles. The molecular formula is C11H17FN2O. The van der Waals surface area contributed by atoms with Gasteiger partial charge in [-0.05, 0) is 49.2 Å². The largest absolute Gasteiger partial charge is 0.496 e. The van der Waals surface area contributed by atoms with Crippen LogP contribution in [0.25, 0.3) is 0 Å². The molecule has 0 fully saturated rings. The second kappa shape index (κ2) is 5.68. The van der Waals surface area contributed by atoms with E-state index in [1.165, 1.54) is 6.07 Å². The van der Waals surface area contributed by atoms with Crippen LogP contribution in [0.5, 0.6) is 5.75 Å². The number of nitrogens with two attached hydrogens (primary N) is 2. The van der Waals surface area contributed by atoms with Gasteiger partial charge < -0.3 is 16.2 Å². The molecule has 4 heteroatoms. The molecule has 84 valence electrons. The van der Waals surface area contributed by atoms with Gasteiger partial charge in [-0.3, -0.25) is 0 Å². The van der Waals surface area contributed by atoms with Crippen LogP contribution in [-0.4, -0.2) is 20.2 Å². The zero-order valence-corrected chi connectivity index (χ0v) is 8.92. The van der Waals surface area contributed by atoms with Crippen LogP contribution < -0.4 is 16.2 Å². The third kappa shape index (κ3) is 2.91. The Labute approximate surface area is 89.2 Å². The van der Waals surface area contributed by atoms with Gasteiger partial charge in [0.05, 0.1) is 7.11 Å². The summed E-state index contributed by atoms with van der Waals surface area (Å²) in [6.07, 6.45) is 1.13. The second-order valence-corrected chi connectivity index (χ2v) is 3.33. The van der Waals surface area contributed by atoms with Crippen LogP contribution in [-0.2, 0) is 12.8 Å². The summed E-state index contributed by atoms with van der Waals surface area (Å²) in [5, 5.41) is 0. The molecule has 0 aliphatic carbocycles. The van der Waals surface area contributed by atoms with Gasteiger partial charge in [0.1, 0.15) is 11.6 Å². The molecule has 1 aromatic rings. The normalized spacial score (nSPS) is 10.4. The standard InChI is InChI=1S/C11H17FN2O/c1-15-11-7-8(2-4-13)10(12)6-9(11)3-5-14/h6-7H,2-5,13-14H2,1H3. The van der Waals surface area contributed by atoms with Crippen molar-refractivity contribution in [2.45, 2.75) is 12.8 Å². The summed E-state index contributed by atoms with van der Waals surface area (Å²) in [6.45, 7) is 0.905. The van der Waals surface area contributed by atoms with Crippen molar-refractivity contribution in [1.29, 1.82) is 0 Å². The lowest BCUT2D eigenvalue weighted by atomic mass is 10.0. The van der Waals surface area contributed by atoms with E-state index in [-0.39, 0.29) is 5.82 Å². The van der Waals surface area contributed by atoms with E-state index >= 15 is 0 Å². The molecule has 0 aliphatic heterocycles. The Morgan fingerprint density at radius 2 is 1.73 bits per heavy atom. The van der Waals surface area contributed by atoms with Crippen molar-refractivity contribution in [1.82, 2.24) is 0 Å². The van der Waals surface area contributed by atoms with Gasteiger partial charge in [0, 0.05) is 0 Å². The molecule has 0 amide bonds. The third-order valence-corrected chi connectivity index (χ3v) is 2.28. The van der Waals surface area contributed by atoms with Crippen LogP contribution >= 0.6 is 0 Å². The summed E-state index contributed by atoms with van der Waals surface area (Å²) in [5.74, 6) is 0.454. The Morgan fingerprint density at radius 3 is 2.27 bits per heavy atom. The molecule has 0 aromatic heterocycles. The van der Waals surface area contributed by atoms with Gasteiger partial charge in [-0.2, -0.15) is 0 Å². The zero-order valence-electron chi connectivity index (χ0n) is 8.92. The van der Waals surface area contributed by atoms with Crippen LogP contribution in [0, 0.1) is 5.82 Å². The van der Waals surface area contributed by atoms with Crippen LogP contribution in [0.2, 0.25) is 0 Å². The van der Waals surface area contributed by atoms with E-state index < -0.39 is 0 Å². The van der Waals surface area contributed by atoms with Gasteiger partial charge in [0.15, 0.2) is 0 Å². The number of hydrogen-bond donors (Lipinski definition) is 2. The van der Waals surface area contributed by atoms with Crippen molar-refractivity contribution >= 4 is 0 Å². The average molecular weight is 212 g/mol. The minimum absolute atomic E-state index is 0.232. The number of halogens is 1. The lowest BCUT2D eigenvalue weighted by Crippen LogP contribution is -2.08. The summed E-state index contributed by atoms with van der Waals surface area (Å²) >= 11 is 0. The van der Waals surface area contributed by atoms with E-state index in [1.54, 1.807) is 13.2 Å². The quantitative estimate of drug-likeness (QED) is 0.760. The Hall–Kier alpha value is -1.13. The predicted molar refractivity (Wildman–Crippen MR) is 58.5 cm³/mol. The van der Waals surface area contributed by atoms with Crippen LogP contribution in [0.1, 0.15) is 11.1 Å². The van der Waals surface area contributed by atoms with Crippen LogP contribution in [0.15, 0.2) is 12.1 Å². The van der Waals surface area contributed by atoms with Gasteiger partial charge in [-0.25, -0.2) is 4.39 Å². The van der Waals surface area contributed by atoms with Gasteiger partial charge in [0.25, 0.3) is 0 Å². The molecule has 0 atom stereocenters. The zero-order chi connectivity index (χ0) is 11.3. The molecule has 0 aliphatic rings. The molecule has 0 unspecified atom stereocenters. The van der Waals surface area contributed by atoms with Gasteiger partial charge in [-0.15, -0.1) is 0 Å². The molecule has 0 radical (unpaired) electrons. The van der Waals surface area contributed by atoms with E-state index in [1.807, 2.05) is 0 Å². The fraction of sp³-hybridized carbons (Fsp3) is 0.455.